The summed E-state index contributed by atoms with van der Waals surface area (Å²) in [5.41, 5.74) is 9.15. The molecule has 0 fully saturated rings. The van der Waals surface area contributed by atoms with Crippen LogP contribution in [0.25, 0.3) is 11.4 Å². The lowest BCUT2D eigenvalue weighted by atomic mass is 9.84. The SMILES string of the molecule is NC1=C2C(=O)NC(c3ccc(SOO)cc3)=C2C(=O)c2ccccc21. The largest absolute Gasteiger partial charge is 0.398 e. The third-order valence-electron chi connectivity index (χ3n) is 4.20. The van der Waals surface area contributed by atoms with E-state index in [0.717, 1.165) is 12.0 Å². The standard InChI is InChI=1S/C18H12N2O4S/c19-15-11-3-1-2-4-12(11)17(21)14-13(15)18(22)20-16(14)9-5-7-10(8-6-9)25-24-23/h1-8,23H,19H2,(H,20,22). The summed E-state index contributed by atoms with van der Waals surface area (Å²) in [6.45, 7) is 0. The monoisotopic (exact) mass is 352 g/mol. The predicted octanol–water partition coefficient (Wildman–Crippen LogP) is 2.59. The number of benzene rings is 2. The maximum absolute atomic E-state index is 12.9. The molecule has 6 nitrogen and oxygen atoms in total. The third-order valence-corrected chi connectivity index (χ3v) is 4.74. The van der Waals surface area contributed by atoms with E-state index >= 15 is 0 Å². The van der Waals surface area contributed by atoms with Gasteiger partial charge < -0.3 is 11.1 Å². The number of fused-ring (bicyclic) bond motifs is 2. The van der Waals surface area contributed by atoms with Crippen molar-refractivity contribution in [2.75, 3.05) is 0 Å². The molecule has 7 heteroatoms. The van der Waals surface area contributed by atoms with E-state index in [-0.39, 0.29) is 17.3 Å². The fraction of sp³-hybridized carbons (Fsp3) is 0. The van der Waals surface area contributed by atoms with E-state index in [0.29, 0.717) is 38.6 Å². The average Bonchev–Trinajstić information content (AvgIpc) is 2.98. The zero-order valence-corrected chi connectivity index (χ0v) is 13.6. The fourth-order valence-electron chi connectivity index (χ4n) is 3.08. The highest BCUT2D eigenvalue weighted by molar-refractivity contribution is 7.94. The molecule has 1 aliphatic heterocycles. The smallest absolute Gasteiger partial charge is 0.258 e. The van der Waals surface area contributed by atoms with E-state index in [1.54, 1.807) is 48.5 Å². The van der Waals surface area contributed by atoms with E-state index in [9.17, 15) is 9.59 Å². The molecule has 124 valence electrons. The number of hydrogen-bond acceptors (Lipinski definition) is 6. The normalized spacial score (nSPS) is 16.0. The Balaban J connectivity index is 1.89. The Bertz CT molecular complexity index is 977. The molecule has 0 unspecified atom stereocenters. The molecule has 1 amide bonds. The van der Waals surface area contributed by atoms with Gasteiger partial charge in [0.2, 0.25) is 0 Å². The van der Waals surface area contributed by atoms with Gasteiger partial charge >= 0.3 is 0 Å². The van der Waals surface area contributed by atoms with Gasteiger partial charge in [-0.25, -0.2) is 5.26 Å². The van der Waals surface area contributed by atoms with E-state index in [1.807, 2.05) is 0 Å². The van der Waals surface area contributed by atoms with Crippen LogP contribution in [0.3, 0.4) is 0 Å². The Labute approximate surface area is 147 Å². The molecule has 2 aromatic carbocycles. The maximum Gasteiger partial charge on any atom is 0.258 e. The number of ketones is 1. The summed E-state index contributed by atoms with van der Waals surface area (Å²) < 4.78 is 4.02. The first-order valence-corrected chi connectivity index (χ1v) is 8.14. The lowest BCUT2D eigenvalue weighted by Crippen LogP contribution is -2.22. The molecule has 0 spiro atoms. The van der Waals surface area contributed by atoms with Crippen molar-refractivity contribution in [3.8, 4) is 0 Å². The van der Waals surface area contributed by atoms with E-state index in [1.165, 1.54) is 0 Å². The van der Waals surface area contributed by atoms with Crippen molar-refractivity contribution in [1.29, 1.82) is 0 Å². The van der Waals surface area contributed by atoms with Crippen molar-refractivity contribution in [2.45, 2.75) is 4.90 Å². The Kier molecular flexibility index (Phi) is 3.69. The first kappa shape index (κ1) is 15.6. The molecule has 1 aliphatic carbocycles. The first-order chi connectivity index (χ1) is 12.1. The number of hydrogen-bond donors (Lipinski definition) is 3. The molecule has 25 heavy (non-hydrogen) atoms. The molecule has 0 saturated heterocycles. The number of nitrogens with two attached hydrogens (primary N) is 1. The van der Waals surface area contributed by atoms with Crippen LogP contribution in [0.1, 0.15) is 21.5 Å². The number of Topliss-reactive ketones (excluding diaryl/α,β-unsaturated/α-hetero) is 1. The summed E-state index contributed by atoms with van der Waals surface area (Å²) in [5, 5.41) is 11.2. The van der Waals surface area contributed by atoms with Crippen molar-refractivity contribution in [3.05, 3.63) is 76.4 Å². The van der Waals surface area contributed by atoms with Crippen molar-refractivity contribution < 1.29 is 19.2 Å². The van der Waals surface area contributed by atoms with Gasteiger partial charge in [0.25, 0.3) is 5.91 Å². The van der Waals surface area contributed by atoms with Crippen molar-refractivity contribution in [1.82, 2.24) is 5.32 Å². The van der Waals surface area contributed by atoms with Gasteiger partial charge in [0, 0.05) is 16.0 Å². The molecular formula is C18H12N2O4S. The van der Waals surface area contributed by atoms with Crippen LogP contribution in [0, 0.1) is 0 Å². The van der Waals surface area contributed by atoms with Crippen molar-refractivity contribution in [2.24, 2.45) is 5.73 Å². The highest BCUT2D eigenvalue weighted by Crippen LogP contribution is 2.39. The minimum absolute atomic E-state index is 0.218. The van der Waals surface area contributed by atoms with E-state index in [2.05, 4.69) is 9.65 Å². The Morgan fingerprint density at radius 2 is 1.64 bits per heavy atom. The van der Waals surface area contributed by atoms with Crippen LogP contribution in [0.4, 0.5) is 0 Å². The number of rotatable bonds is 3. The average molecular weight is 352 g/mol. The van der Waals surface area contributed by atoms with Gasteiger partial charge in [0.05, 0.1) is 34.6 Å². The summed E-state index contributed by atoms with van der Waals surface area (Å²) in [5.74, 6) is -0.618. The summed E-state index contributed by atoms with van der Waals surface area (Å²) in [7, 11) is 0. The Morgan fingerprint density at radius 1 is 0.960 bits per heavy atom. The van der Waals surface area contributed by atoms with Gasteiger partial charge in [0.1, 0.15) is 0 Å². The highest BCUT2D eigenvalue weighted by Gasteiger charge is 2.39. The second-order valence-corrected chi connectivity index (χ2v) is 6.34. The predicted molar refractivity (Wildman–Crippen MR) is 93.0 cm³/mol. The minimum Gasteiger partial charge on any atom is -0.398 e. The van der Waals surface area contributed by atoms with E-state index < -0.39 is 0 Å². The summed E-state index contributed by atoms with van der Waals surface area (Å²) in [4.78, 5) is 26.1. The Morgan fingerprint density at radius 3 is 2.32 bits per heavy atom. The van der Waals surface area contributed by atoms with Gasteiger partial charge in [-0.3, -0.25) is 9.59 Å². The second kappa shape index (κ2) is 5.89. The van der Waals surface area contributed by atoms with Crippen molar-refractivity contribution >= 4 is 35.1 Å². The quantitative estimate of drug-likeness (QED) is 0.446. The fourth-order valence-corrected chi connectivity index (χ4v) is 3.42. The lowest BCUT2D eigenvalue weighted by Gasteiger charge is -2.18. The number of amides is 1. The molecular weight excluding hydrogens is 340 g/mol. The Hall–Kier alpha value is -2.87. The van der Waals surface area contributed by atoms with Crippen molar-refractivity contribution in [3.63, 3.8) is 0 Å². The molecule has 0 radical (unpaired) electrons. The van der Waals surface area contributed by atoms with Crippen LogP contribution >= 0.6 is 12.0 Å². The number of nitrogens with one attached hydrogen (secondary N) is 1. The zero-order chi connectivity index (χ0) is 17.6. The molecule has 0 saturated carbocycles. The van der Waals surface area contributed by atoms with Crippen LogP contribution < -0.4 is 11.1 Å². The van der Waals surface area contributed by atoms with Crippen LogP contribution in [-0.4, -0.2) is 16.9 Å². The molecule has 2 aromatic rings. The van der Waals surface area contributed by atoms with Crippen LogP contribution in [0.2, 0.25) is 0 Å². The van der Waals surface area contributed by atoms with Crippen LogP contribution in [0.5, 0.6) is 0 Å². The highest BCUT2D eigenvalue weighted by atomic mass is 32.2. The van der Waals surface area contributed by atoms with Crippen LogP contribution in [-0.2, 0) is 9.13 Å². The van der Waals surface area contributed by atoms with Crippen LogP contribution in [0.15, 0.2) is 64.6 Å². The van der Waals surface area contributed by atoms with E-state index in [4.69, 9.17) is 11.0 Å². The first-order valence-electron chi connectivity index (χ1n) is 7.40. The summed E-state index contributed by atoms with van der Waals surface area (Å²) >= 11 is 0.797. The summed E-state index contributed by atoms with van der Waals surface area (Å²) in [6, 6.07) is 13.9. The molecule has 4 N–H and O–H groups in total. The molecule has 2 aliphatic rings. The van der Waals surface area contributed by atoms with Gasteiger partial charge in [0.15, 0.2) is 5.78 Å². The number of carbonyl (C=O) groups excluding carboxylic acids is 2. The second-order valence-electron chi connectivity index (χ2n) is 5.55. The van der Waals surface area contributed by atoms with Gasteiger partial charge in [-0.15, -0.1) is 0 Å². The minimum atomic E-state index is -0.387. The summed E-state index contributed by atoms with van der Waals surface area (Å²) in [6.07, 6.45) is 0. The van der Waals surface area contributed by atoms with Gasteiger partial charge in [-0.1, -0.05) is 36.4 Å². The van der Waals surface area contributed by atoms with Gasteiger partial charge in [-0.05, 0) is 17.7 Å². The maximum atomic E-state index is 12.9. The molecule has 0 aromatic heterocycles. The lowest BCUT2D eigenvalue weighted by molar-refractivity contribution is -0.116. The number of carbonyl (C=O) groups is 2. The third kappa shape index (κ3) is 2.37. The zero-order valence-electron chi connectivity index (χ0n) is 12.8. The molecule has 1 heterocycles. The topological polar surface area (TPSA) is 102 Å². The van der Waals surface area contributed by atoms with Gasteiger partial charge in [-0.2, -0.15) is 4.33 Å². The molecule has 0 atom stereocenters. The molecule has 4 rings (SSSR count). The molecule has 0 bridgehead atoms.